The first kappa shape index (κ1) is 15.6. The molecule has 1 aliphatic heterocycles. The van der Waals surface area contributed by atoms with Gasteiger partial charge < -0.3 is 19.4 Å². The van der Waals surface area contributed by atoms with E-state index in [2.05, 4.69) is 4.98 Å². The van der Waals surface area contributed by atoms with Crippen LogP contribution in [0.2, 0.25) is 0 Å². The van der Waals surface area contributed by atoms with E-state index >= 15 is 0 Å². The predicted octanol–water partition coefficient (Wildman–Crippen LogP) is 3.38. The van der Waals surface area contributed by atoms with Crippen LogP contribution in [-0.2, 0) is 13.0 Å². The van der Waals surface area contributed by atoms with E-state index in [-0.39, 0.29) is 5.91 Å². The quantitative estimate of drug-likeness (QED) is 0.798. The van der Waals surface area contributed by atoms with Crippen molar-refractivity contribution in [2.75, 3.05) is 20.8 Å². The van der Waals surface area contributed by atoms with Gasteiger partial charge in [0.25, 0.3) is 5.91 Å². The van der Waals surface area contributed by atoms with Crippen molar-refractivity contribution in [2.24, 2.45) is 0 Å². The molecule has 0 saturated carbocycles. The average Bonchev–Trinajstić information content (AvgIpc) is 3.04. The fraction of sp³-hybridized carbons (Fsp3) is 0.250. The Morgan fingerprint density at radius 1 is 1.12 bits per heavy atom. The number of aromatic nitrogens is 1. The number of hydrogen-bond donors (Lipinski definition) is 1. The topological polar surface area (TPSA) is 54.6 Å². The summed E-state index contributed by atoms with van der Waals surface area (Å²) in [6.07, 6.45) is 0.813. The van der Waals surface area contributed by atoms with Gasteiger partial charge in [-0.3, -0.25) is 4.79 Å². The zero-order valence-electron chi connectivity index (χ0n) is 14.3. The van der Waals surface area contributed by atoms with Crippen LogP contribution in [0.5, 0.6) is 11.5 Å². The number of amides is 1. The Morgan fingerprint density at radius 3 is 2.76 bits per heavy atom. The lowest BCUT2D eigenvalue weighted by molar-refractivity contribution is 0.0731. The largest absolute Gasteiger partial charge is 0.497 e. The van der Waals surface area contributed by atoms with Gasteiger partial charge in [0.2, 0.25) is 0 Å². The Morgan fingerprint density at radius 2 is 1.96 bits per heavy atom. The first-order chi connectivity index (χ1) is 12.2. The molecule has 128 valence electrons. The fourth-order valence-corrected chi connectivity index (χ4v) is 3.49. The molecule has 0 aliphatic carbocycles. The van der Waals surface area contributed by atoms with Crippen LogP contribution in [0.1, 0.15) is 21.6 Å². The maximum Gasteiger partial charge on any atom is 0.257 e. The van der Waals surface area contributed by atoms with Crippen molar-refractivity contribution in [3.8, 4) is 11.5 Å². The van der Waals surface area contributed by atoms with E-state index in [1.807, 2.05) is 47.4 Å². The molecule has 2 aromatic carbocycles. The van der Waals surface area contributed by atoms with E-state index in [0.29, 0.717) is 24.4 Å². The van der Waals surface area contributed by atoms with Gasteiger partial charge in [0.05, 0.1) is 19.8 Å². The highest BCUT2D eigenvalue weighted by Gasteiger charge is 2.26. The van der Waals surface area contributed by atoms with Gasteiger partial charge in [-0.15, -0.1) is 0 Å². The predicted molar refractivity (Wildman–Crippen MR) is 96.3 cm³/mol. The molecule has 3 aromatic rings. The van der Waals surface area contributed by atoms with Crippen LogP contribution in [0.15, 0.2) is 42.5 Å². The molecule has 0 atom stereocenters. The van der Waals surface area contributed by atoms with Crippen LogP contribution in [0.3, 0.4) is 0 Å². The number of nitrogens with one attached hydrogen (secondary N) is 1. The molecular weight excluding hydrogens is 316 g/mol. The molecule has 5 heteroatoms. The van der Waals surface area contributed by atoms with Gasteiger partial charge in [-0.25, -0.2) is 0 Å². The molecule has 2 heterocycles. The van der Waals surface area contributed by atoms with E-state index in [9.17, 15) is 4.79 Å². The molecule has 0 radical (unpaired) electrons. The number of H-pyrrole nitrogens is 1. The number of methoxy groups -OCH3 is 2. The summed E-state index contributed by atoms with van der Waals surface area (Å²) >= 11 is 0. The van der Waals surface area contributed by atoms with Gasteiger partial charge in [0, 0.05) is 41.7 Å². The SMILES string of the molecule is COc1ccc2[nH]c3c(c2c1)CN(C(=O)c1ccccc1OC)CC3. The monoisotopic (exact) mass is 336 g/mol. The number of ether oxygens (including phenoxy) is 2. The Hall–Kier alpha value is -2.95. The standard InChI is InChI=1S/C20H20N2O3/c1-24-13-7-8-17-15(11-13)16-12-22(10-9-18(16)21-17)20(23)14-5-3-4-6-19(14)25-2/h3-8,11,21H,9-10,12H2,1-2H3. The number of nitrogens with zero attached hydrogens (tertiary/aromatic N) is 1. The van der Waals surface area contributed by atoms with Gasteiger partial charge in [-0.2, -0.15) is 0 Å². The van der Waals surface area contributed by atoms with Crippen molar-refractivity contribution in [1.29, 1.82) is 0 Å². The highest BCUT2D eigenvalue weighted by atomic mass is 16.5. The van der Waals surface area contributed by atoms with Crippen molar-refractivity contribution < 1.29 is 14.3 Å². The van der Waals surface area contributed by atoms with Gasteiger partial charge in [0.1, 0.15) is 11.5 Å². The van der Waals surface area contributed by atoms with Crippen LogP contribution in [0.4, 0.5) is 0 Å². The molecule has 0 unspecified atom stereocenters. The minimum Gasteiger partial charge on any atom is -0.497 e. The van der Waals surface area contributed by atoms with Crippen molar-refractivity contribution in [1.82, 2.24) is 9.88 Å². The summed E-state index contributed by atoms with van der Waals surface area (Å²) < 4.78 is 10.7. The average molecular weight is 336 g/mol. The Bertz CT molecular complexity index is 945. The second-order valence-electron chi connectivity index (χ2n) is 6.17. The number of benzene rings is 2. The lowest BCUT2D eigenvalue weighted by Gasteiger charge is -2.28. The lowest BCUT2D eigenvalue weighted by Crippen LogP contribution is -2.36. The smallest absolute Gasteiger partial charge is 0.257 e. The molecular formula is C20H20N2O3. The zero-order valence-corrected chi connectivity index (χ0v) is 14.3. The Labute approximate surface area is 146 Å². The summed E-state index contributed by atoms with van der Waals surface area (Å²) in [4.78, 5) is 18.3. The molecule has 1 N–H and O–H groups in total. The molecule has 4 rings (SSSR count). The molecule has 0 fully saturated rings. The third kappa shape index (κ3) is 2.61. The number of carbonyl (C=O) groups is 1. The Balaban J connectivity index is 1.69. The molecule has 5 nitrogen and oxygen atoms in total. The number of rotatable bonds is 3. The maximum atomic E-state index is 13.0. The number of fused-ring (bicyclic) bond motifs is 3. The molecule has 1 aliphatic rings. The van der Waals surface area contributed by atoms with Crippen molar-refractivity contribution in [2.45, 2.75) is 13.0 Å². The van der Waals surface area contributed by atoms with E-state index in [1.54, 1.807) is 14.2 Å². The summed E-state index contributed by atoms with van der Waals surface area (Å²) in [7, 11) is 3.25. The molecule has 0 spiro atoms. The number of hydrogen-bond acceptors (Lipinski definition) is 3. The van der Waals surface area contributed by atoms with Crippen LogP contribution < -0.4 is 9.47 Å². The van der Waals surface area contributed by atoms with E-state index < -0.39 is 0 Å². The van der Waals surface area contributed by atoms with Crippen molar-refractivity contribution >= 4 is 16.8 Å². The third-order valence-corrected chi connectivity index (χ3v) is 4.81. The fourth-order valence-electron chi connectivity index (χ4n) is 3.49. The van der Waals surface area contributed by atoms with Gasteiger partial charge in [-0.05, 0) is 30.3 Å². The molecule has 1 aromatic heterocycles. The summed E-state index contributed by atoms with van der Waals surface area (Å²) in [6.45, 7) is 1.27. The minimum atomic E-state index is 0.000320. The number of aromatic amines is 1. The van der Waals surface area contributed by atoms with Crippen LogP contribution in [-0.4, -0.2) is 36.6 Å². The van der Waals surface area contributed by atoms with Crippen molar-refractivity contribution in [3.63, 3.8) is 0 Å². The molecule has 25 heavy (non-hydrogen) atoms. The minimum absolute atomic E-state index is 0.000320. The van der Waals surface area contributed by atoms with E-state index in [4.69, 9.17) is 9.47 Å². The van der Waals surface area contributed by atoms with Crippen LogP contribution >= 0.6 is 0 Å². The summed E-state index contributed by atoms with van der Waals surface area (Å²) in [5.41, 5.74) is 4.05. The first-order valence-corrected chi connectivity index (χ1v) is 8.31. The summed E-state index contributed by atoms with van der Waals surface area (Å²) in [6, 6.07) is 13.4. The molecule has 0 bridgehead atoms. The highest BCUT2D eigenvalue weighted by Crippen LogP contribution is 2.31. The molecule has 0 saturated heterocycles. The van der Waals surface area contributed by atoms with Crippen molar-refractivity contribution in [3.05, 3.63) is 59.3 Å². The normalized spacial score (nSPS) is 13.6. The molecule has 1 amide bonds. The van der Waals surface area contributed by atoms with Gasteiger partial charge >= 0.3 is 0 Å². The third-order valence-electron chi connectivity index (χ3n) is 4.81. The maximum absolute atomic E-state index is 13.0. The lowest BCUT2D eigenvalue weighted by atomic mass is 10.0. The first-order valence-electron chi connectivity index (χ1n) is 8.31. The van der Waals surface area contributed by atoms with E-state index in [1.165, 1.54) is 11.3 Å². The number of carbonyl (C=O) groups excluding carboxylic acids is 1. The Kier molecular flexibility index (Phi) is 3.84. The summed E-state index contributed by atoms with van der Waals surface area (Å²) in [5, 5.41) is 1.12. The number of para-hydroxylation sites is 1. The van der Waals surface area contributed by atoms with Crippen LogP contribution in [0, 0.1) is 0 Å². The van der Waals surface area contributed by atoms with Gasteiger partial charge in [0.15, 0.2) is 0 Å². The van der Waals surface area contributed by atoms with E-state index in [0.717, 1.165) is 23.1 Å². The second-order valence-corrected chi connectivity index (χ2v) is 6.17. The second kappa shape index (κ2) is 6.16. The van der Waals surface area contributed by atoms with Gasteiger partial charge in [-0.1, -0.05) is 12.1 Å². The zero-order chi connectivity index (χ0) is 17.4. The van der Waals surface area contributed by atoms with Crippen LogP contribution in [0.25, 0.3) is 10.9 Å². The summed E-state index contributed by atoms with van der Waals surface area (Å²) in [5.74, 6) is 1.43. The highest BCUT2D eigenvalue weighted by molar-refractivity contribution is 5.97.